The molecule has 0 radical (unpaired) electrons. The van der Waals surface area contributed by atoms with E-state index in [0.717, 1.165) is 62.7 Å². The van der Waals surface area contributed by atoms with Gasteiger partial charge in [0.2, 0.25) is 0 Å². The molecule has 2 N–H and O–H groups in total. The van der Waals surface area contributed by atoms with Crippen LogP contribution in [0.15, 0.2) is 63.8 Å². The van der Waals surface area contributed by atoms with Gasteiger partial charge in [0.25, 0.3) is 0 Å². The number of nitrogens with one attached hydrogen (secondary N) is 1. The Balaban J connectivity index is 1.57. The monoisotopic (exact) mass is 619 g/mol. The minimum Gasteiger partial charge on any atom is -0.478 e. The second-order valence-electron chi connectivity index (χ2n) is 14.2. The molecule has 0 spiro atoms. The number of carbonyl (C=O) groups is 1. The summed E-state index contributed by atoms with van der Waals surface area (Å²) >= 11 is 5.82. The first kappa shape index (κ1) is 33.3. The lowest BCUT2D eigenvalue weighted by Gasteiger charge is -2.37. The highest BCUT2D eigenvalue weighted by atomic mass is 32.1. The van der Waals surface area contributed by atoms with Crippen molar-refractivity contribution in [1.82, 2.24) is 5.32 Å². The number of fused-ring (bicyclic) bond motifs is 2. The van der Waals surface area contributed by atoms with Gasteiger partial charge < -0.3 is 28.3 Å². The molecule has 44 heavy (non-hydrogen) atoms. The van der Waals surface area contributed by atoms with Crippen LogP contribution in [0.3, 0.4) is 0 Å². The summed E-state index contributed by atoms with van der Waals surface area (Å²) in [5, 5.41) is 14.4. The highest BCUT2D eigenvalue weighted by molar-refractivity contribution is 7.80. The van der Waals surface area contributed by atoms with Crippen LogP contribution in [-0.4, -0.2) is 118 Å². The quantitative estimate of drug-likeness (QED) is 0.136. The van der Waals surface area contributed by atoms with Crippen molar-refractivity contribution in [2.24, 2.45) is 0 Å². The zero-order valence-corrected chi connectivity index (χ0v) is 28.2. The Morgan fingerprint density at radius 1 is 0.818 bits per heavy atom. The van der Waals surface area contributed by atoms with Crippen LogP contribution in [-0.2, 0) is 0 Å². The van der Waals surface area contributed by atoms with Gasteiger partial charge in [0.1, 0.15) is 42.5 Å². The summed E-state index contributed by atoms with van der Waals surface area (Å²) in [5.74, 6) is -0.630. The maximum absolute atomic E-state index is 12.4. The van der Waals surface area contributed by atoms with E-state index in [0.29, 0.717) is 39.6 Å². The molecule has 4 rings (SSSR count). The van der Waals surface area contributed by atoms with Gasteiger partial charge in [0.15, 0.2) is 5.43 Å². The van der Waals surface area contributed by atoms with Gasteiger partial charge in [-0.25, -0.2) is 4.79 Å². The van der Waals surface area contributed by atoms with Crippen molar-refractivity contribution in [3.05, 3.63) is 81.5 Å². The molecule has 0 bridgehead atoms. The topological polar surface area (TPSA) is 79.5 Å². The first-order valence-corrected chi connectivity index (χ1v) is 15.4. The number of thiocarbonyl (C=S) groups is 1. The largest absolute Gasteiger partial charge is 0.478 e. The van der Waals surface area contributed by atoms with Gasteiger partial charge in [-0.2, -0.15) is 0 Å². The van der Waals surface area contributed by atoms with Crippen molar-refractivity contribution in [2.45, 2.75) is 6.92 Å². The second kappa shape index (κ2) is 12.8. The second-order valence-corrected chi connectivity index (χ2v) is 14.6. The van der Waals surface area contributed by atoms with Crippen molar-refractivity contribution in [2.75, 3.05) is 88.6 Å². The van der Waals surface area contributed by atoms with Crippen molar-refractivity contribution < 1.29 is 27.8 Å². The summed E-state index contributed by atoms with van der Waals surface area (Å²) in [7, 11) is 15.8. The first-order valence-electron chi connectivity index (χ1n) is 15.0. The molecule has 0 amide bonds. The first-order chi connectivity index (χ1) is 20.4. The van der Waals surface area contributed by atoms with Crippen LogP contribution in [0.25, 0.3) is 33.4 Å². The van der Waals surface area contributed by atoms with Gasteiger partial charge in [-0.15, -0.1) is 0 Å². The predicted octanol–water partition coefficient (Wildman–Crippen LogP) is 4.70. The zero-order valence-electron chi connectivity index (χ0n) is 27.4. The van der Waals surface area contributed by atoms with Gasteiger partial charge in [-0.05, 0) is 48.4 Å². The molecular formula is C35H47N4O4S+3. The van der Waals surface area contributed by atoms with E-state index in [1.54, 1.807) is 18.2 Å². The Morgan fingerprint density at radius 2 is 1.48 bits per heavy atom. The van der Waals surface area contributed by atoms with Crippen LogP contribution in [0.1, 0.15) is 21.5 Å². The normalized spacial score (nSPS) is 12.5. The summed E-state index contributed by atoms with van der Waals surface area (Å²) in [6, 6.07) is 15.6. The molecule has 0 unspecified atom stereocenters. The third-order valence-corrected chi connectivity index (χ3v) is 8.70. The van der Waals surface area contributed by atoms with Crippen LogP contribution >= 0.6 is 12.2 Å². The summed E-state index contributed by atoms with van der Waals surface area (Å²) in [5.41, 5.74) is 4.19. The maximum Gasteiger partial charge on any atom is 0.336 e. The summed E-state index contributed by atoms with van der Waals surface area (Å²) < 4.78 is 8.91. The standard InChI is InChI=1S/C35H45N4O4S/c1-24-9-12-28-31(21-24)43-32-23-26(40)11-14-29(32)33(28)30-22-25(10-13-27(30)35(41)42)34(44)36-15-16-38(5,6)19-20-39(7,8)18-17-37(2,3)4/h9-14,21-23H,15-20H2,1-8H3/q+1/p+2. The molecule has 2 aromatic carbocycles. The number of rotatable bonds is 12. The molecule has 0 aromatic heterocycles. The molecule has 2 aromatic rings. The number of aromatic carboxylic acids is 1. The Kier molecular flexibility index (Phi) is 9.66. The number of carboxylic acid groups (broad SMARTS) is 1. The number of hydrogen-bond acceptors (Lipinski definition) is 4. The van der Waals surface area contributed by atoms with Gasteiger partial charge in [0.05, 0.1) is 68.0 Å². The Bertz CT molecular complexity index is 1720. The smallest absolute Gasteiger partial charge is 0.336 e. The molecule has 2 aliphatic rings. The minimum atomic E-state index is -1.04. The number of aryl methyl sites for hydroxylation is 1. The Hall–Kier alpha value is -3.63. The molecular weight excluding hydrogens is 572 g/mol. The van der Waals surface area contributed by atoms with Crippen LogP contribution < -0.4 is 10.7 Å². The van der Waals surface area contributed by atoms with Crippen LogP contribution in [0.5, 0.6) is 0 Å². The number of quaternary nitrogens is 3. The van der Waals surface area contributed by atoms with E-state index < -0.39 is 5.97 Å². The van der Waals surface area contributed by atoms with Gasteiger partial charge in [-0.1, -0.05) is 30.4 Å². The highest BCUT2D eigenvalue weighted by Gasteiger charge is 2.26. The summed E-state index contributed by atoms with van der Waals surface area (Å²) in [6.07, 6.45) is 0. The molecule has 8 nitrogen and oxygen atoms in total. The SMILES string of the molecule is Cc1ccc2c(-c3cc(C(=S)NCC[N+](C)(C)CC[N+](C)(C)CC[N+](C)(C)C)ccc3C(=O)O)c3ccc(=O)cc-3oc2c1. The molecule has 0 saturated carbocycles. The fourth-order valence-corrected chi connectivity index (χ4v) is 5.49. The van der Waals surface area contributed by atoms with E-state index in [-0.39, 0.29) is 11.0 Å². The average Bonchev–Trinajstić information content (AvgIpc) is 2.93. The third-order valence-electron chi connectivity index (χ3n) is 8.32. The summed E-state index contributed by atoms with van der Waals surface area (Å²) in [4.78, 5) is 25.2. The van der Waals surface area contributed by atoms with E-state index in [4.69, 9.17) is 16.6 Å². The van der Waals surface area contributed by atoms with Crippen molar-refractivity contribution in [3.8, 4) is 22.5 Å². The lowest BCUT2D eigenvalue weighted by molar-refractivity contribution is -0.963. The number of nitrogens with zero attached hydrogens (tertiary/aromatic N) is 3. The Morgan fingerprint density at radius 3 is 2.14 bits per heavy atom. The maximum atomic E-state index is 12.4. The fourth-order valence-electron chi connectivity index (χ4n) is 5.26. The van der Waals surface area contributed by atoms with Crippen LogP contribution in [0.4, 0.5) is 0 Å². The van der Waals surface area contributed by atoms with Gasteiger partial charge in [-0.3, -0.25) is 4.79 Å². The van der Waals surface area contributed by atoms with E-state index in [1.807, 2.05) is 31.2 Å². The molecule has 9 heteroatoms. The molecule has 1 heterocycles. The molecule has 0 fully saturated rings. The van der Waals surface area contributed by atoms with Gasteiger partial charge in [0, 0.05) is 28.1 Å². The molecule has 1 aliphatic carbocycles. The number of carboxylic acids is 1. The predicted molar refractivity (Wildman–Crippen MR) is 183 cm³/mol. The van der Waals surface area contributed by atoms with Crippen molar-refractivity contribution in [3.63, 3.8) is 0 Å². The van der Waals surface area contributed by atoms with Crippen LogP contribution in [0.2, 0.25) is 0 Å². The fraction of sp³-hybridized carbons (Fsp3) is 0.400. The van der Waals surface area contributed by atoms with Crippen LogP contribution in [0, 0.1) is 6.92 Å². The van der Waals surface area contributed by atoms with Gasteiger partial charge >= 0.3 is 5.97 Å². The summed E-state index contributed by atoms with van der Waals surface area (Å²) in [6.45, 7) is 7.91. The average molecular weight is 620 g/mol. The lowest BCUT2D eigenvalue weighted by Crippen LogP contribution is -2.55. The van der Waals surface area contributed by atoms with E-state index in [9.17, 15) is 14.7 Å². The van der Waals surface area contributed by atoms with Crippen molar-refractivity contribution >= 4 is 34.1 Å². The van der Waals surface area contributed by atoms with Crippen molar-refractivity contribution in [1.29, 1.82) is 0 Å². The molecule has 234 valence electrons. The molecule has 0 saturated heterocycles. The third kappa shape index (κ3) is 8.30. The van der Waals surface area contributed by atoms with E-state index in [1.165, 1.54) is 12.1 Å². The number of benzene rings is 3. The number of hydrogen-bond donors (Lipinski definition) is 2. The highest BCUT2D eigenvalue weighted by Crippen LogP contribution is 2.41. The Labute approximate surface area is 266 Å². The van der Waals surface area contributed by atoms with E-state index >= 15 is 0 Å². The van der Waals surface area contributed by atoms with E-state index in [2.05, 4.69) is 54.7 Å². The molecule has 1 aliphatic heterocycles. The zero-order chi connectivity index (χ0) is 32.4. The minimum absolute atomic E-state index is 0.154. The molecule has 0 atom stereocenters. The lowest BCUT2D eigenvalue weighted by atomic mass is 9.89. The number of likely N-dealkylation sites (N-methyl/N-ethyl adjacent to an activating group) is 3.